The molecule has 0 unspecified atom stereocenters. The Kier molecular flexibility index (Phi) is 6.21. The zero-order chi connectivity index (χ0) is 15.2. The molecule has 0 saturated carbocycles. The van der Waals surface area contributed by atoms with E-state index < -0.39 is 0 Å². The van der Waals surface area contributed by atoms with Crippen molar-refractivity contribution in [2.45, 2.75) is 46.6 Å². The number of carbonyl (C=O) groups is 1. The van der Waals surface area contributed by atoms with Crippen LogP contribution in [0.5, 0.6) is 0 Å². The molecule has 0 saturated heterocycles. The Hall–Kier alpha value is -1.35. The molecule has 1 aromatic carbocycles. The van der Waals surface area contributed by atoms with Crippen LogP contribution in [0.3, 0.4) is 0 Å². The van der Waals surface area contributed by atoms with Crippen LogP contribution >= 0.6 is 0 Å². The largest absolute Gasteiger partial charge is 0.341 e. The van der Waals surface area contributed by atoms with Crippen LogP contribution in [0, 0.1) is 12.3 Å². The Morgan fingerprint density at radius 1 is 1.20 bits per heavy atom. The van der Waals surface area contributed by atoms with Crippen LogP contribution in [0.15, 0.2) is 24.3 Å². The fourth-order valence-electron chi connectivity index (χ4n) is 2.21. The molecule has 112 valence electrons. The van der Waals surface area contributed by atoms with Gasteiger partial charge in [0.2, 0.25) is 5.91 Å². The Morgan fingerprint density at radius 3 is 2.35 bits per heavy atom. The molecule has 0 bridgehead atoms. The van der Waals surface area contributed by atoms with Gasteiger partial charge in [-0.2, -0.15) is 0 Å². The van der Waals surface area contributed by atoms with Crippen molar-refractivity contribution < 1.29 is 4.79 Å². The lowest BCUT2D eigenvalue weighted by Gasteiger charge is -2.25. The van der Waals surface area contributed by atoms with E-state index in [4.69, 9.17) is 5.73 Å². The average Bonchev–Trinajstić information content (AvgIpc) is 2.38. The maximum atomic E-state index is 12.2. The lowest BCUT2D eigenvalue weighted by atomic mass is 9.84. The molecule has 0 fully saturated rings. The summed E-state index contributed by atoms with van der Waals surface area (Å²) in [6.07, 6.45) is 2.44. The number of aryl methyl sites for hydroxylation is 1. The summed E-state index contributed by atoms with van der Waals surface area (Å²) in [5, 5.41) is 0. The minimum absolute atomic E-state index is 0.148. The third-order valence-electron chi connectivity index (χ3n) is 3.80. The van der Waals surface area contributed by atoms with Crippen molar-refractivity contribution in [1.82, 2.24) is 4.90 Å². The fraction of sp³-hybridized carbons (Fsp3) is 0.588. The van der Waals surface area contributed by atoms with E-state index in [1.54, 1.807) is 0 Å². The number of rotatable bonds is 7. The van der Waals surface area contributed by atoms with Gasteiger partial charge in [-0.05, 0) is 37.3 Å². The van der Waals surface area contributed by atoms with Crippen LogP contribution in [0.2, 0.25) is 0 Å². The second kappa shape index (κ2) is 7.44. The zero-order valence-electron chi connectivity index (χ0n) is 13.3. The average molecular weight is 276 g/mol. The molecule has 2 N–H and O–H groups in total. The Morgan fingerprint density at radius 2 is 1.80 bits per heavy atom. The summed E-state index contributed by atoms with van der Waals surface area (Å²) in [6.45, 7) is 7.77. The van der Waals surface area contributed by atoms with Gasteiger partial charge in [0.25, 0.3) is 0 Å². The summed E-state index contributed by atoms with van der Waals surface area (Å²) in [5.74, 6) is 0.204. The fourth-order valence-corrected chi connectivity index (χ4v) is 2.21. The highest BCUT2D eigenvalue weighted by Crippen LogP contribution is 2.26. The highest BCUT2D eigenvalue weighted by Gasteiger charge is 2.19. The molecule has 1 aromatic rings. The number of nitrogens with zero attached hydrogens (tertiary/aromatic N) is 1. The van der Waals surface area contributed by atoms with Crippen LogP contribution in [-0.4, -0.2) is 24.4 Å². The first kappa shape index (κ1) is 16.7. The van der Waals surface area contributed by atoms with Crippen molar-refractivity contribution in [3.63, 3.8) is 0 Å². The van der Waals surface area contributed by atoms with Crippen molar-refractivity contribution in [2.24, 2.45) is 11.1 Å². The molecule has 0 aliphatic rings. The molecule has 0 aliphatic heterocycles. The topological polar surface area (TPSA) is 46.3 Å². The van der Waals surface area contributed by atoms with Crippen LogP contribution in [0.4, 0.5) is 0 Å². The molecule has 1 amide bonds. The van der Waals surface area contributed by atoms with E-state index in [0.29, 0.717) is 19.5 Å². The summed E-state index contributed by atoms with van der Waals surface area (Å²) in [4.78, 5) is 14.0. The quantitative estimate of drug-likeness (QED) is 0.831. The van der Waals surface area contributed by atoms with Crippen molar-refractivity contribution in [3.05, 3.63) is 35.4 Å². The highest BCUT2D eigenvalue weighted by molar-refractivity contribution is 5.75. The van der Waals surface area contributed by atoms with Crippen molar-refractivity contribution >= 4 is 5.91 Å². The van der Waals surface area contributed by atoms with Gasteiger partial charge in [0.15, 0.2) is 0 Å². The van der Waals surface area contributed by atoms with Crippen LogP contribution < -0.4 is 5.73 Å². The number of hydrogen-bond donors (Lipinski definition) is 1. The van der Waals surface area contributed by atoms with Gasteiger partial charge in [-0.3, -0.25) is 4.79 Å². The van der Waals surface area contributed by atoms with Gasteiger partial charge >= 0.3 is 0 Å². The molecule has 0 atom stereocenters. The summed E-state index contributed by atoms with van der Waals surface area (Å²) >= 11 is 0. The molecule has 1 rings (SSSR count). The second-order valence-corrected chi connectivity index (χ2v) is 6.44. The Labute approximate surface area is 123 Å². The Balaban J connectivity index is 2.45. The second-order valence-electron chi connectivity index (χ2n) is 6.44. The first-order valence-corrected chi connectivity index (χ1v) is 7.34. The lowest BCUT2D eigenvalue weighted by Crippen LogP contribution is -2.28. The van der Waals surface area contributed by atoms with E-state index in [9.17, 15) is 4.79 Å². The SMILES string of the molecule is Cc1ccc(CN(C)C(=O)CCC(C)(C)CCN)cc1. The van der Waals surface area contributed by atoms with E-state index >= 15 is 0 Å². The molecular formula is C17H28N2O. The normalized spacial score (nSPS) is 11.4. The first-order chi connectivity index (χ1) is 9.34. The van der Waals surface area contributed by atoms with Crippen LogP contribution in [0.25, 0.3) is 0 Å². The van der Waals surface area contributed by atoms with Gasteiger partial charge < -0.3 is 10.6 Å². The summed E-state index contributed by atoms with van der Waals surface area (Å²) < 4.78 is 0. The molecular weight excluding hydrogens is 248 g/mol. The third kappa shape index (κ3) is 5.74. The third-order valence-corrected chi connectivity index (χ3v) is 3.80. The van der Waals surface area contributed by atoms with E-state index in [1.165, 1.54) is 11.1 Å². The van der Waals surface area contributed by atoms with Gasteiger partial charge in [0.05, 0.1) is 0 Å². The molecule has 0 spiro atoms. The molecule has 0 radical (unpaired) electrons. The van der Waals surface area contributed by atoms with E-state index in [0.717, 1.165) is 12.8 Å². The maximum absolute atomic E-state index is 12.2. The van der Waals surface area contributed by atoms with Crippen LogP contribution in [0.1, 0.15) is 44.2 Å². The summed E-state index contributed by atoms with van der Waals surface area (Å²) in [7, 11) is 1.87. The van der Waals surface area contributed by atoms with Crippen molar-refractivity contribution in [2.75, 3.05) is 13.6 Å². The Bertz CT molecular complexity index is 423. The van der Waals surface area contributed by atoms with Crippen LogP contribution in [-0.2, 0) is 11.3 Å². The van der Waals surface area contributed by atoms with Gasteiger partial charge in [0.1, 0.15) is 0 Å². The maximum Gasteiger partial charge on any atom is 0.222 e. The summed E-state index contributed by atoms with van der Waals surface area (Å²) in [6, 6.07) is 8.32. The molecule has 0 heterocycles. The molecule has 20 heavy (non-hydrogen) atoms. The predicted molar refractivity (Wildman–Crippen MR) is 84.3 cm³/mol. The van der Waals surface area contributed by atoms with E-state index in [1.807, 2.05) is 11.9 Å². The predicted octanol–water partition coefficient (Wildman–Crippen LogP) is 3.11. The molecule has 3 heteroatoms. The van der Waals surface area contributed by atoms with Crippen molar-refractivity contribution in [3.8, 4) is 0 Å². The standard InChI is InChI=1S/C17H28N2O/c1-14-5-7-15(8-6-14)13-19(4)16(20)9-10-17(2,3)11-12-18/h5-8H,9-13,18H2,1-4H3. The van der Waals surface area contributed by atoms with E-state index in [-0.39, 0.29) is 11.3 Å². The number of benzene rings is 1. The smallest absolute Gasteiger partial charge is 0.222 e. The van der Waals surface area contributed by atoms with Gasteiger partial charge in [-0.1, -0.05) is 43.7 Å². The highest BCUT2D eigenvalue weighted by atomic mass is 16.2. The minimum Gasteiger partial charge on any atom is -0.341 e. The summed E-state index contributed by atoms with van der Waals surface area (Å²) in [5.41, 5.74) is 8.16. The monoisotopic (exact) mass is 276 g/mol. The molecule has 3 nitrogen and oxygen atoms in total. The zero-order valence-corrected chi connectivity index (χ0v) is 13.3. The minimum atomic E-state index is 0.148. The van der Waals surface area contributed by atoms with Gasteiger partial charge in [-0.25, -0.2) is 0 Å². The lowest BCUT2D eigenvalue weighted by molar-refractivity contribution is -0.131. The molecule has 0 aliphatic carbocycles. The number of hydrogen-bond acceptors (Lipinski definition) is 2. The molecule has 0 aromatic heterocycles. The van der Waals surface area contributed by atoms with E-state index in [2.05, 4.69) is 45.0 Å². The first-order valence-electron chi connectivity index (χ1n) is 7.34. The number of carbonyl (C=O) groups excluding carboxylic acids is 1. The van der Waals surface area contributed by atoms with Gasteiger partial charge in [0, 0.05) is 20.0 Å². The van der Waals surface area contributed by atoms with Gasteiger partial charge in [-0.15, -0.1) is 0 Å². The number of nitrogens with two attached hydrogens (primary N) is 1. The number of amides is 1. The van der Waals surface area contributed by atoms with Crippen molar-refractivity contribution in [1.29, 1.82) is 0 Å².